The van der Waals surface area contributed by atoms with E-state index in [2.05, 4.69) is 102 Å². The molecule has 0 aliphatic rings. The smallest absolute Gasteiger partial charge is 0.338 e. The maximum absolute atomic E-state index is 11.9. The Morgan fingerprint density at radius 2 is 1.08 bits per heavy atom. The number of nitrogens with zero attached hydrogens (tertiary/aromatic N) is 1. The van der Waals surface area contributed by atoms with E-state index in [0.717, 1.165) is 39.3 Å². The molecule has 0 spiro atoms. The van der Waals surface area contributed by atoms with Crippen LogP contribution in [0, 0.1) is 0 Å². The quantitative estimate of drug-likeness (QED) is 0.0907. The molecule has 0 aliphatic heterocycles. The number of hydrogen-bond acceptors (Lipinski definition) is 3. The second-order valence-corrected chi connectivity index (χ2v) is 9.22. The molecule has 0 aliphatic carbocycles. The topological polar surface area (TPSA) is 29.5 Å². The molecule has 0 bridgehead atoms. The largest absolute Gasteiger partial charge is 0.423 e. The lowest BCUT2D eigenvalue weighted by atomic mass is 9.95. The van der Waals surface area contributed by atoms with Crippen LogP contribution in [0.15, 0.2) is 152 Å². The van der Waals surface area contributed by atoms with E-state index in [0.29, 0.717) is 11.3 Å². The molecule has 0 heterocycles. The number of para-hydroxylation sites is 2. The summed E-state index contributed by atoms with van der Waals surface area (Å²) < 4.78 is 5.38. The minimum absolute atomic E-state index is 0.366. The normalized spacial score (nSPS) is 11.1. The molecule has 0 N–H and O–H groups in total. The SMILES string of the molecule is C=C(C)C(=O)Oc1ccc(/C(=C\c2ccc(N(c3ccccc3)c3ccccc3)cc2)c2ccccc2)cc1. The molecule has 5 rings (SSSR count). The van der Waals surface area contributed by atoms with Gasteiger partial charge in [0, 0.05) is 22.6 Å². The molecule has 3 nitrogen and oxygen atoms in total. The third-order valence-corrected chi connectivity index (χ3v) is 6.30. The summed E-state index contributed by atoms with van der Waals surface area (Å²) in [6.45, 7) is 5.28. The van der Waals surface area contributed by atoms with Gasteiger partial charge in [-0.1, -0.05) is 97.6 Å². The van der Waals surface area contributed by atoms with Gasteiger partial charge in [0.25, 0.3) is 0 Å². The second-order valence-electron chi connectivity index (χ2n) is 9.22. The average Bonchev–Trinajstić information content (AvgIpc) is 2.99. The lowest BCUT2D eigenvalue weighted by molar-refractivity contribution is -0.130. The highest BCUT2D eigenvalue weighted by Gasteiger charge is 2.12. The van der Waals surface area contributed by atoms with Crippen molar-refractivity contribution in [2.45, 2.75) is 6.92 Å². The highest BCUT2D eigenvalue weighted by atomic mass is 16.5. The second kappa shape index (κ2) is 11.9. The number of hydrogen-bond donors (Lipinski definition) is 0. The number of carbonyl (C=O) groups is 1. The zero-order valence-electron chi connectivity index (χ0n) is 21.8. The Morgan fingerprint density at radius 1 is 0.615 bits per heavy atom. The Hall–Kier alpha value is -5.15. The van der Waals surface area contributed by atoms with Gasteiger partial charge in [0.1, 0.15) is 5.75 Å². The van der Waals surface area contributed by atoms with E-state index in [9.17, 15) is 4.79 Å². The summed E-state index contributed by atoms with van der Waals surface area (Å²) >= 11 is 0. The predicted octanol–water partition coefficient (Wildman–Crippen LogP) is 9.23. The molecule has 0 saturated heterocycles. The first-order valence-electron chi connectivity index (χ1n) is 12.8. The first kappa shape index (κ1) is 25.5. The van der Waals surface area contributed by atoms with E-state index in [4.69, 9.17) is 4.74 Å². The van der Waals surface area contributed by atoms with Crippen molar-refractivity contribution in [3.8, 4) is 5.75 Å². The number of rotatable bonds is 8. The summed E-state index contributed by atoms with van der Waals surface area (Å²) in [4.78, 5) is 14.2. The van der Waals surface area contributed by atoms with Crippen LogP contribution >= 0.6 is 0 Å². The standard InChI is InChI=1S/C36H29NO2/c1-27(2)36(38)39-34-24-20-30(21-25-34)35(29-12-6-3-7-13-29)26-28-18-22-33(23-19-28)37(31-14-8-4-9-15-31)32-16-10-5-11-17-32/h3-26H,1H2,2H3/b35-26-. The van der Waals surface area contributed by atoms with Gasteiger partial charge in [-0.15, -0.1) is 0 Å². The third kappa shape index (κ3) is 6.23. The average molecular weight is 508 g/mol. The molecule has 5 aromatic rings. The number of ether oxygens (including phenoxy) is 1. The van der Waals surface area contributed by atoms with Gasteiger partial charge in [0.05, 0.1) is 0 Å². The van der Waals surface area contributed by atoms with Crippen LogP contribution in [0.5, 0.6) is 5.75 Å². The molecule has 0 atom stereocenters. The Bertz CT molecular complexity index is 1530. The van der Waals surface area contributed by atoms with E-state index in [1.807, 2.05) is 54.6 Å². The molecule has 0 unspecified atom stereocenters. The fourth-order valence-electron chi connectivity index (χ4n) is 4.34. The summed E-state index contributed by atoms with van der Waals surface area (Å²) in [5.41, 5.74) is 7.92. The highest BCUT2D eigenvalue weighted by molar-refractivity contribution is 5.92. The Morgan fingerprint density at radius 3 is 1.59 bits per heavy atom. The maximum Gasteiger partial charge on any atom is 0.338 e. The molecular formula is C36H29NO2. The number of anilines is 3. The zero-order chi connectivity index (χ0) is 27.0. The van der Waals surface area contributed by atoms with Crippen LogP contribution in [0.4, 0.5) is 17.1 Å². The Balaban J connectivity index is 1.49. The van der Waals surface area contributed by atoms with Crippen molar-refractivity contribution >= 4 is 34.7 Å². The minimum Gasteiger partial charge on any atom is -0.423 e. The van der Waals surface area contributed by atoms with Crippen LogP contribution in [0.2, 0.25) is 0 Å². The number of esters is 1. The van der Waals surface area contributed by atoms with Gasteiger partial charge in [0.15, 0.2) is 0 Å². The summed E-state index contributed by atoms with van der Waals surface area (Å²) in [6.07, 6.45) is 2.18. The predicted molar refractivity (Wildman–Crippen MR) is 161 cm³/mol. The van der Waals surface area contributed by atoms with Crippen molar-refractivity contribution in [3.63, 3.8) is 0 Å². The van der Waals surface area contributed by atoms with Gasteiger partial charge in [-0.3, -0.25) is 0 Å². The molecule has 39 heavy (non-hydrogen) atoms. The van der Waals surface area contributed by atoms with E-state index >= 15 is 0 Å². The summed E-state index contributed by atoms with van der Waals surface area (Å²) in [7, 11) is 0. The Kier molecular flexibility index (Phi) is 7.80. The number of benzene rings is 5. The lowest BCUT2D eigenvalue weighted by Crippen LogP contribution is -2.09. The third-order valence-electron chi connectivity index (χ3n) is 6.30. The number of carbonyl (C=O) groups excluding carboxylic acids is 1. The molecule has 3 heteroatoms. The van der Waals surface area contributed by atoms with Gasteiger partial charge in [-0.2, -0.15) is 0 Å². The van der Waals surface area contributed by atoms with Gasteiger partial charge >= 0.3 is 5.97 Å². The monoisotopic (exact) mass is 507 g/mol. The summed E-state index contributed by atoms with van der Waals surface area (Å²) in [6, 6.07) is 47.2. The first-order valence-corrected chi connectivity index (χ1v) is 12.8. The van der Waals surface area contributed by atoms with Crippen molar-refractivity contribution in [2.24, 2.45) is 0 Å². The lowest BCUT2D eigenvalue weighted by Gasteiger charge is -2.25. The zero-order valence-corrected chi connectivity index (χ0v) is 21.8. The maximum atomic E-state index is 11.9. The van der Waals surface area contributed by atoms with Crippen molar-refractivity contribution in [1.29, 1.82) is 0 Å². The Labute approximate surface area is 230 Å². The van der Waals surface area contributed by atoms with E-state index in [1.165, 1.54) is 0 Å². The molecule has 0 saturated carbocycles. The van der Waals surface area contributed by atoms with Crippen LogP contribution in [0.3, 0.4) is 0 Å². The minimum atomic E-state index is -0.429. The molecular weight excluding hydrogens is 478 g/mol. The van der Waals surface area contributed by atoms with Crippen LogP contribution in [-0.2, 0) is 4.79 Å². The van der Waals surface area contributed by atoms with E-state index in [1.54, 1.807) is 6.92 Å². The van der Waals surface area contributed by atoms with Gasteiger partial charge in [-0.25, -0.2) is 4.79 Å². The molecule has 0 aromatic heterocycles. The first-order chi connectivity index (χ1) is 19.1. The highest BCUT2D eigenvalue weighted by Crippen LogP contribution is 2.35. The van der Waals surface area contributed by atoms with Gasteiger partial charge < -0.3 is 9.64 Å². The van der Waals surface area contributed by atoms with Crippen molar-refractivity contribution in [3.05, 3.63) is 168 Å². The van der Waals surface area contributed by atoms with Crippen molar-refractivity contribution in [2.75, 3.05) is 4.90 Å². The van der Waals surface area contributed by atoms with Crippen molar-refractivity contribution in [1.82, 2.24) is 0 Å². The van der Waals surface area contributed by atoms with Crippen LogP contribution in [0.1, 0.15) is 23.6 Å². The van der Waals surface area contributed by atoms with Crippen LogP contribution in [0.25, 0.3) is 11.6 Å². The molecule has 5 aromatic carbocycles. The fraction of sp³-hybridized carbons (Fsp3) is 0.0278. The van der Waals surface area contributed by atoms with E-state index < -0.39 is 5.97 Å². The molecule has 0 radical (unpaired) electrons. The fourth-order valence-corrected chi connectivity index (χ4v) is 4.34. The van der Waals surface area contributed by atoms with Crippen LogP contribution in [-0.4, -0.2) is 5.97 Å². The van der Waals surface area contributed by atoms with Gasteiger partial charge in [-0.05, 0) is 83.8 Å². The summed E-state index contributed by atoms with van der Waals surface area (Å²) in [5.74, 6) is 0.0622. The van der Waals surface area contributed by atoms with Crippen LogP contribution < -0.4 is 9.64 Å². The van der Waals surface area contributed by atoms with Gasteiger partial charge in [0.2, 0.25) is 0 Å². The summed E-state index contributed by atoms with van der Waals surface area (Å²) in [5, 5.41) is 0. The molecule has 0 fully saturated rings. The van der Waals surface area contributed by atoms with E-state index in [-0.39, 0.29) is 0 Å². The van der Waals surface area contributed by atoms with Crippen molar-refractivity contribution < 1.29 is 9.53 Å². The molecule has 190 valence electrons. The molecule has 0 amide bonds.